The number of hydrogen-bond acceptors (Lipinski definition) is 4. The van der Waals surface area contributed by atoms with Crippen LogP contribution in [0.1, 0.15) is 32.1 Å². The van der Waals surface area contributed by atoms with Crippen LogP contribution in [0.4, 0.5) is 4.39 Å². The summed E-state index contributed by atoms with van der Waals surface area (Å²) in [5.41, 5.74) is -0.373. The van der Waals surface area contributed by atoms with E-state index in [1.54, 1.807) is 0 Å². The second-order valence-electron chi connectivity index (χ2n) is 8.02. The normalized spacial score (nSPS) is 29.3. The Morgan fingerprint density at radius 1 is 1.19 bits per heavy atom. The Kier molecular flexibility index (Phi) is 4.76. The molecule has 146 valence electrons. The standard InChI is InChI=1S/C19H23ClFN3O3/c20-14-2-1-13(7-15(14)21)27-8-16(25)23-18-9-19(10-18,11-18)24-17(26)12-3-5-22-6-4-12/h1-2,7,12,22H,3-6,8-11H2,(H,23,25)(H,24,26). The van der Waals surface area contributed by atoms with Gasteiger partial charge in [0.2, 0.25) is 5.91 Å². The number of ether oxygens (including phenoxy) is 1. The van der Waals surface area contributed by atoms with Crippen LogP contribution < -0.4 is 20.7 Å². The number of carbonyl (C=O) groups excluding carboxylic acids is 2. The predicted octanol–water partition coefficient (Wildman–Crippen LogP) is 1.76. The van der Waals surface area contributed by atoms with Crippen LogP contribution in [0.3, 0.4) is 0 Å². The highest BCUT2D eigenvalue weighted by Crippen LogP contribution is 2.60. The number of amides is 2. The van der Waals surface area contributed by atoms with Crippen LogP contribution in [-0.4, -0.2) is 42.6 Å². The van der Waals surface area contributed by atoms with Crippen LogP contribution >= 0.6 is 11.6 Å². The number of piperidine rings is 1. The monoisotopic (exact) mass is 395 g/mol. The highest BCUT2D eigenvalue weighted by molar-refractivity contribution is 6.30. The van der Waals surface area contributed by atoms with Crippen molar-refractivity contribution in [1.82, 2.24) is 16.0 Å². The highest BCUT2D eigenvalue weighted by Gasteiger charge is 2.69. The predicted molar refractivity (Wildman–Crippen MR) is 98.1 cm³/mol. The summed E-state index contributed by atoms with van der Waals surface area (Å²) in [5.74, 6) is -0.331. The lowest BCUT2D eigenvalue weighted by molar-refractivity contribution is -0.152. The average Bonchev–Trinajstić information content (AvgIpc) is 2.60. The number of rotatable bonds is 6. The van der Waals surface area contributed by atoms with E-state index in [9.17, 15) is 14.0 Å². The first-order valence-corrected chi connectivity index (χ1v) is 9.68. The molecule has 1 aromatic rings. The van der Waals surface area contributed by atoms with E-state index in [4.69, 9.17) is 16.3 Å². The zero-order valence-electron chi connectivity index (χ0n) is 14.9. The third-order valence-corrected chi connectivity index (χ3v) is 6.10. The van der Waals surface area contributed by atoms with Gasteiger partial charge in [-0.25, -0.2) is 4.39 Å². The van der Waals surface area contributed by atoms with Crippen molar-refractivity contribution in [3.05, 3.63) is 29.0 Å². The van der Waals surface area contributed by atoms with Crippen molar-refractivity contribution in [3.8, 4) is 5.75 Å². The van der Waals surface area contributed by atoms with Gasteiger partial charge < -0.3 is 20.7 Å². The van der Waals surface area contributed by atoms with Gasteiger partial charge in [0.05, 0.1) is 5.02 Å². The Balaban J connectivity index is 1.20. The molecule has 1 heterocycles. The quantitative estimate of drug-likeness (QED) is 0.685. The fourth-order valence-corrected chi connectivity index (χ4v) is 4.67. The first-order chi connectivity index (χ1) is 12.9. The molecule has 0 aromatic heterocycles. The molecule has 27 heavy (non-hydrogen) atoms. The molecule has 2 bridgehead atoms. The van der Waals surface area contributed by atoms with Crippen LogP contribution in [0.5, 0.6) is 5.75 Å². The molecule has 1 aromatic carbocycles. The van der Waals surface area contributed by atoms with Crippen LogP contribution in [0, 0.1) is 11.7 Å². The highest BCUT2D eigenvalue weighted by atomic mass is 35.5. The molecule has 5 rings (SSSR count). The molecule has 0 unspecified atom stereocenters. The van der Waals surface area contributed by atoms with Gasteiger partial charge in [-0.1, -0.05) is 11.6 Å². The molecule has 2 amide bonds. The smallest absolute Gasteiger partial charge is 0.258 e. The van der Waals surface area contributed by atoms with Gasteiger partial charge in [0, 0.05) is 23.1 Å². The van der Waals surface area contributed by atoms with E-state index in [0.717, 1.165) is 51.3 Å². The van der Waals surface area contributed by atoms with Crippen molar-refractivity contribution in [2.24, 2.45) is 5.92 Å². The van der Waals surface area contributed by atoms with Crippen molar-refractivity contribution >= 4 is 23.4 Å². The summed E-state index contributed by atoms with van der Waals surface area (Å²) in [4.78, 5) is 24.5. The maximum Gasteiger partial charge on any atom is 0.258 e. The Hall–Kier alpha value is -1.86. The molecule has 8 heteroatoms. The molecular formula is C19H23ClFN3O3. The van der Waals surface area contributed by atoms with Gasteiger partial charge in [-0.15, -0.1) is 0 Å². The summed E-state index contributed by atoms with van der Waals surface area (Å²) in [6.45, 7) is 1.60. The van der Waals surface area contributed by atoms with E-state index in [-0.39, 0.29) is 46.2 Å². The van der Waals surface area contributed by atoms with Crippen molar-refractivity contribution in [2.45, 2.75) is 43.2 Å². The van der Waals surface area contributed by atoms with Gasteiger partial charge in [-0.05, 0) is 57.3 Å². The first kappa shape index (κ1) is 18.5. The Morgan fingerprint density at radius 3 is 2.52 bits per heavy atom. The molecule has 1 saturated heterocycles. The fraction of sp³-hybridized carbons (Fsp3) is 0.579. The zero-order valence-corrected chi connectivity index (χ0v) is 15.7. The van der Waals surface area contributed by atoms with Gasteiger partial charge in [-0.3, -0.25) is 9.59 Å². The Bertz CT molecular complexity index is 747. The molecule has 3 N–H and O–H groups in total. The zero-order chi connectivity index (χ0) is 19.1. The molecule has 0 atom stereocenters. The number of nitrogens with one attached hydrogen (secondary N) is 3. The number of halogens is 2. The summed E-state index contributed by atoms with van der Waals surface area (Å²) in [6, 6.07) is 4.06. The minimum absolute atomic E-state index is 0.0116. The summed E-state index contributed by atoms with van der Waals surface area (Å²) in [5, 5.41) is 9.45. The van der Waals surface area contributed by atoms with Gasteiger partial charge in [-0.2, -0.15) is 0 Å². The minimum Gasteiger partial charge on any atom is -0.484 e. The van der Waals surface area contributed by atoms with Crippen LogP contribution in [0.25, 0.3) is 0 Å². The van der Waals surface area contributed by atoms with E-state index in [2.05, 4.69) is 16.0 Å². The largest absolute Gasteiger partial charge is 0.484 e. The second-order valence-corrected chi connectivity index (χ2v) is 8.42. The average molecular weight is 396 g/mol. The summed E-state index contributed by atoms with van der Waals surface area (Å²) in [7, 11) is 0. The third kappa shape index (κ3) is 3.75. The van der Waals surface area contributed by atoms with Gasteiger partial charge in [0.15, 0.2) is 6.61 Å². The van der Waals surface area contributed by atoms with Crippen LogP contribution in [0.15, 0.2) is 18.2 Å². The molecule has 4 aliphatic rings. The van der Waals surface area contributed by atoms with E-state index in [0.29, 0.717) is 0 Å². The number of carbonyl (C=O) groups is 2. The molecule has 4 fully saturated rings. The van der Waals surface area contributed by atoms with Crippen molar-refractivity contribution in [2.75, 3.05) is 19.7 Å². The molecule has 0 spiro atoms. The minimum atomic E-state index is -0.583. The lowest BCUT2D eigenvalue weighted by atomic mass is 9.44. The molecule has 6 nitrogen and oxygen atoms in total. The maximum absolute atomic E-state index is 13.4. The molecule has 3 saturated carbocycles. The summed E-state index contributed by atoms with van der Waals surface area (Å²) in [6.07, 6.45) is 4.05. The van der Waals surface area contributed by atoms with Crippen LogP contribution in [0.2, 0.25) is 5.02 Å². The third-order valence-electron chi connectivity index (χ3n) is 5.79. The summed E-state index contributed by atoms with van der Waals surface area (Å²) >= 11 is 5.62. The SMILES string of the molecule is O=C(COc1ccc(Cl)c(F)c1)NC12CC(NC(=O)C3CCNCC3)(C1)C2. The maximum atomic E-state index is 13.4. The van der Waals surface area contributed by atoms with E-state index >= 15 is 0 Å². The van der Waals surface area contributed by atoms with Crippen molar-refractivity contribution in [1.29, 1.82) is 0 Å². The van der Waals surface area contributed by atoms with E-state index < -0.39 is 5.82 Å². The lowest BCUT2D eigenvalue weighted by Crippen LogP contribution is -2.84. The molecular weight excluding hydrogens is 373 g/mol. The van der Waals surface area contributed by atoms with Gasteiger partial charge in [0.1, 0.15) is 11.6 Å². The van der Waals surface area contributed by atoms with Crippen molar-refractivity contribution in [3.63, 3.8) is 0 Å². The van der Waals surface area contributed by atoms with Crippen LogP contribution in [-0.2, 0) is 9.59 Å². The Labute approximate surface area is 162 Å². The van der Waals surface area contributed by atoms with Gasteiger partial charge >= 0.3 is 0 Å². The van der Waals surface area contributed by atoms with E-state index in [1.165, 1.54) is 12.1 Å². The summed E-state index contributed by atoms with van der Waals surface area (Å²) < 4.78 is 18.7. The topological polar surface area (TPSA) is 79.5 Å². The fourth-order valence-electron chi connectivity index (χ4n) is 4.55. The molecule has 0 radical (unpaired) electrons. The molecule has 3 aliphatic carbocycles. The molecule has 1 aliphatic heterocycles. The Morgan fingerprint density at radius 2 is 1.85 bits per heavy atom. The van der Waals surface area contributed by atoms with E-state index in [1.807, 2.05) is 0 Å². The second kappa shape index (κ2) is 6.95. The van der Waals surface area contributed by atoms with Gasteiger partial charge in [0.25, 0.3) is 5.91 Å². The first-order valence-electron chi connectivity index (χ1n) is 9.30. The van der Waals surface area contributed by atoms with Crippen molar-refractivity contribution < 1.29 is 18.7 Å². The number of hydrogen-bond donors (Lipinski definition) is 3. The lowest BCUT2D eigenvalue weighted by Gasteiger charge is -2.70. The number of benzene rings is 1.